The Labute approximate surface area is 154 Å². The van der Waals surface area contributed by atoms with Crippen molar-refractivity contribution in [2.24, 2.45) is 0 Å². The number of halogens is 1. The highest BCUT2D eigenvalue weighted by Gasteiger charge is 2.04. The van der Waals surface area contributed by atoms with Gasteiger partial charge >= 0.3 is 6.03 Å². The summed E-state index contributed by atoms with van der Waals surface area (Å²) in [6.45, 7) is -0.0539. The first-order valence-electron chi connectivity index (χ1n) is 7.38. The van der Waals surface area contributed by atoms with Crippen molar-refractivity contribution < 1.29 is 14.3 Å². The second-order valence-electron chi connectivity index (χ2n) is 4.77. The summed E-state index contributed by atoms with van der Waals surface area (Å²) in [4.78, 5) is 23.1. The summed E-state index contributed by atoms with van der Waals surface area (Å²) in [6.07, 6.45) is 0. The summed E-state index contributed by atoms with van der Waals surface area (Å²) in [5, 5.41) is 2.50. The van der Waals surface area contributed by atoms with Gasteiger partial charge < -0.3 is 10.1 Å². The molecule has 0 aliphatic heterocycles. The van der Waals surface area contributed by atoms with E-state index in [0.717, 1.165) is 10.0 Å². The van der Waals surface area contributed by atoms with Crippen LogP contribution in [0.3, 0.4) is 0 Å². The van der Waals surface area contributed by atoms with Gasteiger partial charge in [-0.25, -0.2) is 10.2 Å². The molecule has 0 unspecified atom stereocenters. The minimum absolute atomic E-state index is 0.159. The van der Waals surface area contributed by atoms with Crippen LogP contribution in [0.15, 0.2) is 59.1 Å². The third kappa shape index (κ3) is 7.42. The maximum atomic E-state index is 11.6. The summed E-state index contributed by atoms with van der Waals surface area (Å²) >= 11 is 3.31. The molecule has 0 atom stereocenters. The number of hydrogen-bond donors (Lipinski definition) is 3. The molecule has 0 saturated heterocycles. The Morgan fingerprint density at radius 1 is 1.00 bits per heavy atom. The molecule has 3 amide bonds. The third-order valence-electron chi connectivity index (χ3n) is 2.84. The van der Waals surface area contributed by atoms with E-state index >= 15 is 0 Å². The third-order valence-corrected chi connectivity index (χ3v) is 3.37. The van der Waals surface area contributed by atoms with Gasteiger partial charge in [-0.3, -0.25) is 10.2 Å². The molecule has 3 N–H and O–H groups in total. The molecule has 0 bridgehead atoms. The van der Waals surface area contributed by atoms with Crippen molar-refractivity contribution >= 4 is 27.9 Å². The number of carbonyl (C=O) groups excluding carboxylic acids is 2. The van der Waals surface area contributed by atoms with Crippen LogP contribution in [0.2, 0.25) is 0 Å². The fourth-order valence-electron chi connectivity index (χ4n) is 1.68. The van der Waals surface area contributed by atoms with Crippen LogP contribution in [0.25, 0.3) is 0 Å². The topological polar surface area (TPSA) is 79.5 Å². The van der Waals surface area contributed by atoms with Gasteiger partial charge in [-0.2, -0.15) is 0 Å². The lowest BCUT2D eigenvalue weighted by atomic mass is 10.2. The van der Waals surface area contributed by atoms with Crippen LogP contribution in [-0.2, 0) is 4.79 Å². The highest BCUT2D eigenvalue weighted by atomic mass is 79.9. The fourth-order valence-corrected chi connectivity index (χ4v) is 1.94. The van der Waals surface area contributed by atoms with Crippen LogP contribution in [0.4, 0.5) is 4.79 Å². The van der Waals surface area contributed by atoms with Gasteiger partial charge in [0.15, 0.2) is 6.61 Å². The quantitative estimate of drug-likeness (QED) is 0.542. The first-order valence-corrected chi connectivity index (χ1v) is 8.18. The zero-order valence-corrected chi connectivity index (χ0v) is 14.8. The molecular weight excluding hydrogens is 386 g/mol. The van der Waals surface area contributed by atoms with E-state index in [4.69, 9.17) is 4.74 Å². The van der Waals surface area contributed by atoms with Crippen molar-refractivity contribution in [2.45, 2.75) is 0 Å². The fraction of sp³-hybridized carbons (Fsp3) is 0.111. The van der Waals surface area contributed by atoms with Gasteiger partial charge in [-0.15, -0.1) is 0 Å². The number of amides is 3. The van der Waals surface area contributed by atoms with E-state index in [0.29, 0.717) is 5.75 Å². The van der Waals surface area contributed by atoms with Crippen molar-refractivity contribution in [3.63, 3.8) is 0 Å². The van der Waals surface area contributed by atoms with Crippen LogP contribution in [-0.4, -0.2) is 25.1 Å². The van der Waals surface area contributed by atoms with Gasteiger partial charge in [0, 0.05) is 10.0 Å². The van der Waals surface area contributed by atoms with Crippen molar-refractivity contribution in [3.05, 3.63) is 64.6 Å². The lowest BCUT2D eigenvalue weighted by Gasteiger charge is -2.08. The predicted octanol–water partition coefficient (Wildman–Crippen LogP) is 2.21. The number of hydrazine groups is 1. The lowest BCUT2D eigenvalue weighted by Crippen LogP contribution is -2.48. The Kier molecular flexibility index (Phi) is 7.35. The number of benzene rings is 2. The number of nitrogens with one attached hydrogen (secondary N) is 3. The maximum Gasteiger partial charge on any atom is 0.334 e. The normalized spacial score (nSPS) is 9.32. The SMILES string of the molecule is O=C(COc1ccc(Br)cc1)NNC(=O)NCC#Cc1ccccc1. The molecule has 0 spiro atoms. The molecule has 2 aromatic carbocycles. The average molecular weight is 402 g/mol. The molecule has 0 aliphatic carbocycles. The minimum atomic E-state index is -0.556. The number of rotatable bonds is 4. The van der Waals surface area contributed by atoms with Crippen LogP contribution in [0, 0.1) is 11.8 Å². The predicted molar refractivity (Wildman–Crippen MR) is 97.6 cm³/mol. The highest BCUT2D eigenvalue weighted by Crippen LogP contribution is 2.15. The Bertz CT molecular complexity index is 768. The molecule has 0 saturated carbocycles. The van der Waals surface area contributed by atoms with Crippen molar-refractivity contribution in [1.29, 1.82) is 0 Å². The maximum absolute atomic E-state index is 11.6. The van der Waals surface area contributed by atoms with Crippen molar-refractivity contribution in [3.8, 4) is 17.6 Å². The summed E-state index contributed by atoms with van der Waals surface area (Å²) in [5.41, 5.74) is 5.32. The first kappa shape index (κ1) is 18.4. The Hall–Kier alpha value is -2.98. The molecule has 7 heteroatoms. The number of carbonyl (C=O) groups is 2. The average Bonchev–Trinajstić information content (AvgIpc) is 2.64. The largest absolute Gasteiger partial charge is 0.484 e. The second kappa shape index (κ2) is 10.0. The Morgan fingerprint density at radius 2 is 1.72 bits per heavy atom. The van der Waals surface area contributed by atoms with Crippen LogP contribution < -0.4 is 20.9 Å². The zero-order valence-electron chi connectivity index (χ0n) is 13.2. The van der Waals surface area contributed by atoms with Gasteiger partial charge in [0.25, 0.3) is 5.91 Å². The smallest absolute Gasteiger partial charge is 0.334 e. The van der Waals surface area contributed by atoms with E-state index in [1.54, 1.807) is 24.3 Å². The Balaban J connectivity index is 1.61. The number of ether oxygens (including phenoxy) is 1. The summed E-state index contributed by atoms with van der Waals surface area (Å²) in [6, 6.07) is 15.9. The molecule has 128 valence electrons. The van der Waals surface area contributed by atoms with Crippen LogP contribution >= 0.6 is 15.9 Å². The highest BCUT2D eigenvalue weighted by molar-refractivity contribution is 9.10. The summed E-state index contributed by atoms with van der Waals surface area (Å²) < 4.78 is 6.19. The van der Waals surface area contributed by atoms with Gasteiger partial charge in [0.1, 0.15) is 5.75 Å². The van der Waals surface area contributed by atoms with Gasteiger partial charge in [0.05, 0.1) is 6.54 Å². The van der Waals surface area contributed by atoms with Gasteiger partial charge in [-0.05, 0) is 36.4 Å². The van der Waals surface area contributed by atoms with E-state index in [-0.39, 0.29) is 13.2 Å². The second-order valence-corrected chi connectivity index (χ2v) is 5.68. The first-order chi connectivity index (χ1) is 12.1. The molecule has 0 aromatic heterocycles. The van der Waals surface area contributed by atoms with Crippen molar-refractivity contribution in [1.82, 2.24) is 16.2 Å². The molecular formula is C18H16BrN3O3. The molecule has 0 radical (unpaired) electrons. The molecule has 0 fully saturated rings. The monoisotopic (exact) mass is 401 g/mol. The van der Waals surface area contributed by atoms with Crippen LogP contribution in [0.5, 0.6) is 5.75 Å². The lowest BCUT2D eigenvalue weighted by molar-refractivity contribution is -0.123. The molecule has 0 heterocycles. The number of urea groups is 1. The van der Waals surface area contributed by atoms with E-state index < -0.39 is 11.9 Å². The van der Waals surface area contributed by atoms with E-state index in [2.05, 4.69) is 43.9 Å². The number of hydrogen-bond acceptors (Lipinski definition) is 3. The van der Waals surface area contributed by atoms with E-state index in [9.17, 15) is 9.59 Å². The standard InChI is InChI=1S/C18H16BrN3O3/c19-15-8-10-16(11-9-15)25-13-17(23)21-22-18(24)20-12-4-7-14-5-2-1-3-6-14/h1-3,5-6,8-11H,12-13H2,(H,21,23)(H2,20,22,24). The summed E-state index contributed by atoms with van der Waals surface area (Å²) in [7, 11) is 0. The molecule has 2 aromatic rings. The Morgan fingerprint density at radius 3 is 2.44 bits per heavy atom. The van der Waals surface area contributed by atoms with Gasteiger partial charge in [0.2, 0.25) is 0 Å². The molecule has 25 heavy (non-hydrogen) atoms. The zero-order chi connectivity index (χ0) is 17.9. The molecule has 6 nitrogen and oxygen atoms in total. The van der Waals surface area contributed by atoms with E-state index in [1.807, 2.05) is 30.3 Å². The molecule has 2 rings (SSSR count). The van der Waals surface area contributed by atoms with Gasteiger partial charge in [-0.1, -0.05) is 46.0 Å². The van der Waals surface area contributed by atoms with Crippen molar-refractivity contribution in [2.75, 3.05) is 13.2 Å². The van der Waals surface area contributed by atoms with Crippen LogP contribution in [0.1, 0.15) is 5.56 Å². The van der Waals surface area contributed by atoms with E-state index in [1.165, 1.54) is 0 Å². The minimum Gasteiger partial charge on any atom is -0.484 e. The molecule has 0 aliphatic rings. The summed E-state index contributed by atoms with van der Waals surface area (Å²) in [5.74, 6) is 5.79.